The smallest absolute Gasteiger partial charge is 0.309 e. The van der Waals surface area contributed by atoms with Gasteiger partial charge in [0.2, 0.25) is 0 Å². The maximum atomic E-state index is 13.3. The summed E-state index contributed by atoms with van der Waals surface area (Å²) in [5.74, 6) is 0.690. The Morgan fingerprint density at radius 1 is 0.975 bits per heavy atom. The number of ether oxygens (including phenoxy) is 1. The molecule has 0 heterocycles. The van der Waals surface area contributed by atoms with Crippen LogP contribution in [0.5, 0.6) is 0 Å². The number of hydrogen-bond donors (Lipinski definition) is 2. The van der Waals surface area contributed by atoms with E-state index in [1.165, 1.54) is 19.3 Å². The van der Waals surface area contributed by atoms with Gasteiger partial charge in [-0.25, -0.2) is 0 Å². The molecule has 3 N–H and O–H groups in total. The third kappa shape index (κ3) is 5.91. The molecule has 0 bridgehead atoms. The summed E-state index contributed by atoms with van der Waals surface area (Å²) in [6.07, 6.45) is 9.99. The van der Waals surface area contributed by atoms with Gasteiger partial charge in [0, 0.05) is 18.8 Å². The zero-order valence-corrected chi connectivity index (χ0v) is 25.5. The number of rotatable bonds is 11. The third-order valence-corrected chi connectivity index (χ3v) is 12.5. The van der Waals surface area contributed by atoms with E-state index in [-0.39, 0.29) is 53.8 Å². The summed E-state index contributed by atoms with van der Waals surface area (Å²) in [7, 11) is 0. The Morgan fingerprint density at radius 2 is 1.65 bits per heavy atom. The minimum Gasteiger partial charge on any atom is -0.481 e. The van der Waals surface area contributed by atoms with Crippen molar-refractivity contribution in [3.8, 4) is 0 Å². The average molecular weight is 560 g/mol. The van der Waals surface area contributed by atoms with Gasteiger partial charge in [0.05, 0.1) is 12.0 Å². The molecule has 0 radical (unpaired) electrons. The molecular formula is C33H53NO6. The molecule has 0 aromatic carbocycles. The largest absolute Gasteiger partial charge is 0.481 e. The molecule has 7 nitrogen and oxygen atoms in total. The van der Waals surface area contributed by atoms with Crippen LogP contribution >= 0.6 is 0 Å². The quantitative estimate of drug-likeness (QED) is 0.299. The summed E-state index contributed by atoms with van der Waals surface area (Å²) in [4.78, 5) is 49.8. The molecule has 0 spiro atoms. The van der Waals surface area contributed by atoms with Crippen molar-refractivity contribution < 1.29 is 29.0 Å². The molecule has 7 heteroatoms. The predicted octanol–water partition coefficient (Wildman–Crippen LogP) is 5.96. The number of fused-ring (bicyclic) bond motifs is 5. The molecule has 11 atom stereocenters. The summed E-state index contributed by atoms with van der Waals surface area (Å²) < 4.78 is 6.05. The first-order valence-corrected chi connectivity index (χ1v) is 16.0. The third-order valence-electron chi connectivity index (χ3n) is 12.5. The Bertz CT molecular complexity index is 980. The van der Waals surface area contributed by atoms with Crippen molar-refractivity contribution in [2.24, 2.45) is 58.0 Å². The summed E-state index contributed by atoms with van der Waals surface area (Å²) in [6.45, 7) is 10.5. The Labute approximate surface area is 240 Å². The molecule has 4 aliphatic rings. The minimum absolute atomic E-state index is 0.00465. The molecule has 1 unspecified atom stereocenters. The molecule has 0 aromatic rings. The van der Waals surface area contributed by atoms with E-state index in [9.17, 15) is 24.3 Å². The monoisotopic (exact) mass is 559 g/mol. The normalized spacial score (nSPS) is 39.1. The molecular weight excluding hydrogens is 506 g/mol. The van der Waals surface area contributed by atoms with Crippen molar-refractivity contribution in [2.45, 2.75) is 130 Å². The fourth-order valence-corrected chi connectivity index (χ4v) is 9.81. The molecule has 0 aliphatic heterocycles. The minimum atomic E-state index is -0.984. The van der Waals surface area contributed by atoms with E-state index in [1.807, 2.05) is 13.8 Å². The number of ketones is 2. The van der Waals surface area contributed by atoms with Crippen LogP contribution < -0.4 is 5.73 Å². The zero-order chi connectivity index (χ0) is 29.4. The van der Waals surface area contributed by atoms with Crippen LogP contribution in [0, 0.1) is 52.3 Å². The lowest BCUT2D eigenvalue weighted by molar-refractivity contribution is -0.168. The Morgan fingerprint density at radius 3 is 2.30 bits per heavy atom. The van der Waals surface area contributed by atoms with E-state index in [4.69, 9.17) is 10.5 Å². The number of aliphatic carboxylic acids is 1. The molecule has 4 fully saturated rings. The lowest BCUT2D eigenvalue weighted by Crippen LogP contribution is -2.54. The van der Waals surface area contributed by atoms with Crippen molar-refractivity contribution in [3.63, 3.8) is 0 Å². The van der Waals surface area contributed by atoms with Crippen molar-refractivity contribution in [2.75, 3.05) is 0 Å². The van der Waals surface area contributed by atoms with Crippen LogP contribution in [-0.4, -0.2) is 40.8 Å². The highest BCUT2D eigenvalue weighted by atomic mass is 16.5. The molecule has 226 valence electrons. The predicted molar refractivity (Wildman–Crippen MR) is 153 cm³/mol. The van der Waals surface area contributed by atoms with Gasteiger partial charge in [0.25, 0.3) is 0 Å². The van der Waals surface area contributed by atoms with Gasteiger partial charge < -0.3 is 15.6 Å². The first kappa shape index (κ1) is 31.2. The lowest BCUT2D eigenvalue weighted by atomic mass is 9.44. The van der Waals surface area contributed by atoms with Gasteiger partial charge in [-0.2, -0.15) is 0 Å². The first-order valence-electron chi connectivity index (χ1n) is 16.0. The molecule has 0 amide bonds. The SMILES string of the molecule is CCC(C)[C@H](N)C(=O)C[C@@H](CCC(=O)O)C(=O)O[C@@H]1CC[C@@]2(C)[C@@H](CC[C@@H]3[C@@H]2CC[C@]2(C)[C@@H](C(C)=O)CC[C@@H]32)C1. The van der Waals surface area contributed by atoms with Crippen LogP contribution in [0.1, 0.15) is 118 Å². The topological polar surface area (TPSA) is 124 Å². The second kappa shape index (κ2) is 12.2. The van der Waals surface area contributed by atoms with Crippen LogP contribution in [0.3, 0.4) is 0 Å². The van der Waals surface area contributed by atoms with E-state index < -0.39 is 23.9 Å². The van der Waals surface area contributed by atoms with Crippen LogP contribution in [-0.2, 0) is 23.9 Å². The van der Waals surface area contributed by atoms with E-state index in [2.05, 4.69) is 13.8 Å². The van der Waals surface area contributed by atoms with Crippen molar-refractivity contribution in [1.29, 1.82) is 0 Å². The van der Waals surface area contributed by atoms with Crippen LogP contribution in [0.4, 0.5) is 0 Å². The highest BCUT2D eigenvalue weighted by molar-refractivity contribution is 5.88. The fourth-order valence-electron chi connectivity index (χ4n) is 9.81. The maximum absolute atomic E-state index is 13.3. The van der Waals surface area contributed by atoms with E-state index in [0.29, 0.717) is 29.5 Å². The van der Waals surface area contributed by atoms with Crippen LogP contribution in [0.2, 0.25) is 0 Å². The van der Waals surface area contributed by atoms with Gasteiger partial charge in [0.1, 0.15) is 11.9 Å². The fraction of sp³-hybridized carbons (Fsp3) is 0.879. The highest BCUT2D eigenvalue weighted by Crippen LogP contribution is 2.67. The molecule has 40 heavy (non-hydrogen) atoms. The second-order valence-corrected chi connectivity index (χ2v) is 14.5. The van der Waals surface area contributed by atoms with Gasteiger partial charge in [-0.05, 0) is 112 Å². The van der Waals surface area contributed by atoms with E-state index in [0.717, 1.165) is 44.9 Å². The van der Waals surface area contributed by atoms with Crippen molar-refractivity contribution in [3.05, 3.63) is 0 Å². The van der Waals surface area contributed by atoms with Crippen LogP contribution in [0.15, 0.2) is 0 Å². The number of hydrogen-bond acceptors (Lipinski definition) is 6. The summed E-state index contributed by atoms with van der Waals surface area (Å²) in [6, 6.07) is -0.654. The maximum Gasteiger partial charge on any atom is 0.309 e. The van der Waals surface area contributed by atoms with Gasteiger partial charge in [-0.1, -0.05) is 34.1 Å². The second-order valence-electron chi connectivity index (χ2n) is 14.5. The zero-order valence-electron chi connectivity index (χ0n) is 25.5. The Hall–Kier alpha value is -1.76. The summed E-state index contributed by atoms with van der Waals surface area (Å²) in [5, 5.41) is 9.22. The molecule has 4 saturated carbocycles. The van der Waals surface area contributed by atoms with Gasteiger partial charge in [0.15, 0.2) is 5.78 Å². The molecule has 4 rings (SSSR count). The standard InChI is InChI=1S/C33H53NO6/c1-6-19(2)30(34)28(36)17-21(7-12-29(37)38)31(39)40-23-13-15-32(4)22(18-23)8-9-24-26-11-10-25(20(3)35)33(26,5)16-14-27(24)32/h19,21-27,30H,6-18,34H2,1-5H3,(H,37,38)/t19?,21-,22+,23-,24+,25-,26+,27+,30+,32+,33-/m1/s1. The number of nitrogens with two attached hydrogens (primary N) is 1. The number of carboxylic acids is 1. The van der Waals surface area contributed by atoms with Crippen LogP contribution in [0.25, 0.3) is 0 Å². The Balaban J connectivity index is 1.39. The molecule has 0 aromatic heterocycles. The number of carbonyl (C=O) groups excluding carboxylic acids is 3. The average Bonchev–Trinajstić information content (AvgIpc) is 3.27. The number of esters is 1. The van der Waals surface area contributed by atoms with Crippen molar-refractivity contribution in [1.82, 2.24) is 0 Å². The summed E-state index contributed by atoms with van der Waals surface area (Å²) in [5.41, 5.74) is 6.51. The first-order chi connectivity index (χ1) is 18.8. The lowest BCUT2D eigenvalue weighted by Gasteiger charge is -2.61. The summed E-state index contributed by atoms with van der Waals surface area (Å²) >= 11 is 0. The van der Waals surface area contributed by atoms with Gasteiger partial charge in [-0.3, -0.25) is 19.2 Å². The van der Waals surface area contributed by atoms with Crippen molar-refractivity contribution >= 4 is 23.5 Å². The molecule has 0 saturated heterocycles. The number of carbonyl (C=O) groups is 4. The van der Waals surface area contributed by atoms with Gasteiger partial charge >= 0.3 is 11.9 Å². The number of carboxylic acid groups (broad SMARTS) is 1. The highest BCUT2D eigenvalue weighted by Gasteiger charge is 2.61. The van der Waals surface area contributed by atoms with E-state index in [1.54, 1.807) is 6.92 Å². The molecule has 4 aliphatic carbocycles. The van der Waals surface area contributed by atoms with Gasteiger partial charge in [-0.15, -0.1) is 0 Å². The number of Topliss-reactive ketones (excluding diaryl/α,β-unsaturated/α-hetero) is 2. The van der Waals surface area contributed by atoms with E-state index >= 15 is 0 Å². The Kier molecular flexibility index (Phi) is 9.53.